The summed E-state index contributed by atoms with van der Waals surface area (Å²) in [6, 6.07) is 3.90. The van der Waals surface area contributed by atoms with E-state index in [1.165, 1.54) is 0 Å². The highest BCUT2D eigenvalue weighted by atomic mass is 16.5. The molecule has 6 nitrogen and oxygen atoms in total. The van der Waals surface area contributed by atoms with Crippen molar-refractivity contribution in [3.05, 3.63) is 23.3 Å². The van der Waals surface area contributed by atoms with E-state index in [9.17, 15) is 14.7 Å². The van der Waals surface area contributed by atoms with Gasteiger partial charge in [-0.1, -0.05) is 6.42 Å². The monoisotopic (exact) mass is 347 g/mol. The fourth-order valence-electron chi connectivity index (χ4n) is 3.54. The van der Waals surface area contributed by atoms with Crippen molar-refractivity contribution in [2.45, 2.75) is 58.6 Å². The zero-order valence-corrected chi connectivity index (χ0v) is 14.8. The van der Waals surface area contributed by atoms with Crippen LogP contribution >= 0.6 is 0 Å². The number of carbonyl (C=O) groups excluding carboxylic acids is 1. The highest BCUT2D eigenvalue weighted by molar-refractivity contribution is 5.85. The van der Waals surface area contributed by atoms with E-state index in [1.54, 1.807) is 0 Å². The number of benzene rings is 1. The van der Waals surface area contributed by atoms with Crippen molar-refractivity contribution >= 4 is 11.9 Å². The molecule has 1 amide bonds. The molecule has 1 aromatic carbocycles. The first-order chi connectivity index (χ1) is 11.9. The summed E-state index contributed by atoms with van der Waals surface area (Å²) < 4.78 is 11.5. The Hall–Kier alpha value is -2.24. The summed E-state index contributed by atoms with van der Waals surface area (Å²) in [6.45, 7) is 4.78. The number of ether oxygens (including phenoxy) is 2. The number of carboxylic acid groups (broad SMARTS) is 1. The van der Waals surface area contributed by atoms with Crippen LogP contribution in [0, 0.1) is 5.41 Å². The van der Waals surface area contributed by atoms with Gasteiger partial charge in [0, 0.05) is 30.5 Å². The summed E-state index contributed by atoms with van der Waals surface area (Å²) in [5, 5.41) is 12.2. The fourth-order valence-corrected chi connectivity index (χ4v) is 3.54. The van der Waals surface area contributed by atoms with Crippen LogP contribution in [0.25, 0.3) is 0 Å². The fraction of sp³-hybridized carbons (Fsp3) is 0.579. The minimum Gasteiger partial charge on any atom is -0.494 e. The molecule has 0 bridgehead atoms. The Morgan fingerprint density at radius 2 is 2.16 bits per heavy atom. The second-order valence-corrected chi connectivity index (χ2v) is 7.03. The lowest BCUT2D eigenvalue weighted by molar-refractivity contribution is -0.157. The van der Waals surface area contributed by atoms with E-state index < -0.39 is 11.4 Å². The number of hydrogen-bond donors (Lipinski definition) is 2. The van der Waals surface area contributed by atoms with Gasteiger partial charge in [-0.25, -0.2) is 0 Å². The third-order valence-corrected chi connectivity index (χ3v) is 5.12. The minimum absolute atomic E-state index is 0.0325. The Kier molecular flexibility index (Phi) is 4.88. The van der Waals surface area contributed by atoms with Gasteiger partial charge in [0.1, 0.15) is 17.6 Å². The molecule has 1 aliphatic carbocycles. The topological polar surface area (TPSA) is 84.9 Å². The first-order valence-corrected chi connectivity index (χ1v) is 8.89. The minimum atomic E-state index is -0.872. The van der Waals surface area contributed by atoms with Gasteiger partial charge in [0.25, 0.3) is 0 Å². The van der Waals surface area contributed by atoms with E-state index >= 15 is 0 Å². The van der Waals surface area contributed by atoms with Gasteiger partial charge in [0.2, 0.25) is 5.91 Å². The second-order valence-electron chi connectivity index (χ2n) is 7.03. The molecule has 2 aliphatic rings. The third kappa shape index (κ3) is 3.57. The largest absolute Gasteiger partial charge is 0.494 e. The summed E-state index contributed by atoms with van der Waals surface area (Å²) in [6.07, 6.45) is 3.04. The van der Waals surface area contributed by atoms with Gasteiger partial charge in [-0.3, -0.25) is 9.59 Å². The number of carbonyl (C=O) groups is 2. The maximum atomic E-state index is 12.2. The van der Waals surface area contributed by atoms with Crippen molar-refractivity contribution < 1.29 is 24.2 Å². The van der Waals surface area contributed by atoms with Crippen LogP contribution in [-0.2, 0) is 22.6 Å². The van der Waals surface area contributed by atoms with E-state index in [0.717, 1.165) is 35.5 Å². The Bertz CT molecular complexity index is 681. The van der Waals surface area contributed by atoms with E-state index in [2.05, 4.69) is 5.32 Å². The first kappa shape index (κ1) is 17.6. The molecule has 6 heteroatoms. The van der Waals surface area contributed by atoms with Crippen LogP contribution in [0.2, 0.25) is 0 Å². The number of carboxylic acids is 1. The van der Waals surface area contributed by atoms with E-state index in [0.29, 0.717) is 26.0 Å². The van der Waals surface area contributed by atoms with Crippen LogP contribution in [0.4, 0.5) is 0 Å². The second kappa shape index (κ2) is 6.94. The normalized spacial score (nSPS) is 20.2. The average molecular weight is 347 g/mol. The maximum absolute atomic E-state index is 12.2. The quantitative estimate of drug-likeness (QED) is 0.792. The van der Waals surface area contributed by atoms with E-state index in [1.807, 2.05) is 26.0 Å². The maximum Gasteiger partial charge on any atom is 0.310 e. The van der Waals surface area contributed by atoms with Crippen molar-refractivity contribution in [3.8, 4) is 11.5 Å². The zero-order chi connectivity index (χ0) is 18.0. The molecule has 25 heavy (non-hydrogen) atoms. The molecule has 0 saturated heterocycles. The number of amides is 1. The summed E-state index contributed by atoms with van der Waals surface area (Å²) in [5.41, 5.74) is 1.09. The van der Waals surface area contributed by atoms with Gasteiger partial charge in [-0.15, -0.1) is 0 Å². The molecule has 1 saturated carbocycles. The molecule has 1 unspecified atom stereocenters. The van der Waals surface area contributed by atoms with Gasteiger partial charge in [-0.05, 0) is 38.8 Å². The number of fused-ring (bicyclic) bond motifs is 1. The predicted octanol–water partition coefficient (Wildman–Crippen LogP) is 2.67. The lowest BCUT2D eigenvalue weighted by Crippen LogP contribution is -2.42. The Labute approximate surface area is 147 Å². The first-order valence-electron chi connectivity index (χ1n) is 8.89. The highest BCUT2D eigenvalue weighted by Crippen LogP contribution is 2.44. The van der Waals surface area contributed by atoms with Crippen LogP contribution < -0.4 is 14.8 Å². The molecule has 1 atom stereocenters. The lowest BCUT2D eigenvalue weighted by Gasteiger charge is -2.36. The smallest absolute Gasteiger partial charge is 0.310 e. The third-order valence-electron chi connectivity index (χ3n) is 5.12. The molecule has 136 valence electrons. The van der Waals surface area contributed by atoms with Gasteiger partial charge in [-0.2, -0.15) is 0 Å². The summed E-state index contributed by atoms with van der Waals surface area (Å²) in [4.78, 5) is 23.6. The van der Waals surface area contributed by atoms with Crippen molar-refractivity contribution in [1.29, 1.82) is 0 Å². The van der Waals surface area contributed by atoms with Gasteiger partial charge < -0.3 is 19.9 Å². The van der Waals surface area contributed by atoms with Crippen LogP contribution in [0.1, 0.15) is 50.7 Å². The number of aliphatic carboxylic acids is 1. The van der Waals surface area contributed by atoms with Crippen molar-refractivity contribution in [2.24, 2.45) is 5.41 Å². The number of hydrogen-bond acceptors (Lipinski definition) is 4. The molecule has 0 aromatic heterocycles. The molecular formula is C19H25NO5. The summed E-state index contributed by atoms with van der Waals surface area (Å²) in [5.74, 6) is 0.472. The number of rotatable bonds is 7. The van der Waals surface area contributed by atoms with Crippen LogP contribution in [0.3, 0.4) is 0 Å². The summed E-state index contributed by atoms with van der Waals surface area (Å²) in [7, 11) is 0. The molecule has 1 aliphatic heterocycles. The van der Waals surface area contributed by atoms with Crippen molar-refractivity contribution in [2.75, 3.05) is 6.61 Å². The molecule has 1 aromatic rings. The predicted molar refractivity (Wildman–Crippen MR) is 91.8 cm³/mol. The SMILES string of the molecule is CCOc1cc2c(cc1CNC(=O)CC1(C(=O)O)CCC1)OC(C)C2. The Morgan fingerprint density at radius 3 is 2.76 bits per heavy atom. The molecule has 0 spiro atoms. The standard InChI is InChI=1S/C19H25NO5/c1-3-24-15-8-13-7-12(2)25-16(13)9-14(15)11-20-17(21)10-19(18(22)23)5-4-6-19/h8-9,12H,3-7,10-11H2,1-2H3,(H,20,21)(H,22,23). The van der Waals surface area contributed by atoms with E-state index in [4.69, 9.17) is 9.47 Å². The molecule has 0 radical (unpaired) electrons. The van der Waals surface area contributed by atoms with Crippen molar-refractivity contribution in [1.82, 2.24) is 5.32 Å². The molecule has 3 rings (SSSR count). The molecule has 1 heterocycles. The molecule has 2 N–H and O–H groups in total. The number of nitrogens with one attached hydrogen (secondary N) is 1. The Morgan fingerprint density at radius 1 is 1.40 bits per heavy atom. The van der Waals surface area contributed by atoms with Gasteiger partial charge in [0.05, 0.1) is 12.0 Å². The Balaban J connectivity index is 1.67. The van der Waals surface area contributed by atoms with Crippen LogP contribution in [0.15, 0.2) is 12.1 Å². The van der Waals surface area contributed by atoms with E-state index in [-0.39, 0.29) is 18.4 Å². The highest BCUT2D eigenvalue weighted by Gasteiger charge is 2.45. The lowest BCUT2D eigenvalue weighted by atomic mass is 9.66. The molecule has 1 fully saturated rings. The van der Waals surface area contributed by atoms with Gasteiger partial charge >= 0.3 is 5.97 Å². The zero-order valence-electron chi connectivity index (χ0n) is 14.8. The molecular weight excluding hydrogens is 322 g/mol. The average Bonchev–Trinajstić information content (AvgIpc) is 2.87. The van der Waals surface area contributed by atoms with Gasteiger partial charge in [0.15, 0.2) is 0 Å². The van der Waals surface area contributed by atoms with Crippen LogP contribution in [-0.4, -0.2) is 29.7 Å². The van der Waals surface area contributed by atoms with Crippen LogP contribution in [0.5, 0.6) is 11.5 Å². The summed E-state index contributed by atoms with van der Waals surface area (Å²) >= 11 is 0. The van der Waals surface area contributed by atoms with Crippen molar-refractivity contribution in [3.63, 3.8) is 0 Å².